The van der Waals surface area contributed by atoms with E-state index in [2.05, 4.69) is 37.1 Å². The molecular formula is C49H50Cl3N7O7S. The summed E-state index contributed by atoms with van der Waals surface area (Å²) in [5.41, 5.74) is 4.17. The molecule has 0 aliphatic rings. The van der Waals surface area contributed by atoms with Gasteiger partial charge < -0.3 is 28.7 Å². The number of benzene rings is 4. The Bertz CT molecular complexity index is 2900. The fourth-order valence-corrected chi connectivity index (χ4v) is 8.29. The number of nitrogens with one attached hydrogen (secondary N) is 2. The number of halogens is 3. The molecule has 6 aromatic rings. The molecule has 4 aromatic carbocycles. The van der Waals surface area contributed by atoms with Crippen LogP contribution in [-0.2, 0) is 34.1 Å². The summed E-state index contributed by atoms with van der Waals surface area (Å²) in [5, 5.41) is 23.1. The lowest BCUT2D eigenvalue weighted by atomic mass is 9.77. The first-order chi connectivity index (χ1) is 31.8. The normalized spacial score (nSPS) is 11.7. The predicted octanol–water partition coefficient (Wildman–Crippen LogP) is 11.1. The Labute approximate surface area is 406 Å². The molecule has 67 heavy (non-hydrogen) atoms. The van der Waals surface area contributed by atoms with Gasteiger partial charge in [-0.25, -0.2) is 23.1 Å². The predicted molar refractivity (Wildman–Crippen MR) is 259 cm³/mol. The Morgan fingerprint density at radius 3 is 1.75 bits per heavy atom. The van der Waals surface area contributed by atoms with Crippen molar-refractivity contribution >= 4 is 56.7 Å². The van der Waals surface area contributed by atoms with E-state index in [1.54, 1.807) is 25.1 Å². The van der Waals surface area contributed by atoms with Gasteiger partial charge in [0.25, 0.3) is 10.0 Å². The highest BCUT2D eigenvalue weighted by molar-refractivity contribution is 7.92. The van der Waals surface area contributed by atoms with Gasteiger partial charge in [-0.2, -0.15) is 15.5 Å². The van der Waals surface area contributed by atoms with Crippen molar-refractivity contribution in [1.82, 2.24) is 15.0 Å². The number of ether oxygens (including phenoxy) is 4. The molecule has 2 aromatic heterocycles. The summed E-state index contributed by atoms with van der Waals surface area (Å²) in [7, 11) is -3.99. The van der Waals surface area contributed by atoms with E-state index in [0.29, 0.717) is 68.0 Å². The smallest absolute Gasteiger partial charge is 0.308 e. The standard InChI is InChI=1S/C49H50Cl3N7O7S/c1-30(2)25-65-46-33(24-54)19-37(21-43(46)52)49(6,7)35-10-14-41(15-11-35)64-27-39-28-66-47(58-39)59-67(60,61)29-55-44-22-38(56-31(3)57-44)26-63-40-12-8-34(9-13-40)48(4,5)36-18-32(23-53)45(42(51)20-36)62-17-16-50/h8-15,18-22,28,30H,16-17,25-27,29H2,1-7H3,(H,58,59)(H,55,56,57). The molecule has 0 unspecified atom stereocenters. The SMILES string of the molecule is Cc1nc(COc2ccc(C(C)(C)c3cc(Cl)c(OCCCl)c(C#N)c3)cc2)cc(NCS(=O)(=O)Nc2nc(COc3ccc(C(C)(C)c4cc(Cl)c(OCC(C)C)c(C#N)c4)cc3)co2)n1. The first-order valence-electron chi connectivity index (χ1n) is 21.1. The van der Waals surface area contributed by atoms with Crippen LogP contribution in [0, 0.1) is 35.5 Å². The number of hydrogen-bond acceptors (Lipinski definition) is 13. The maximum absolute atomic E-state index is 13.0. The van der Waals surface area contributed by atoms with Gasteiger partial charge in [0.1, 0.15) is 72.9 Å². The van der Waals surface area contributed by atoms with Crippen LogP contribution >= 0.6 is 34.8 Å². The van der Waals surface area contributed by atoms with Crippen LogP contribution in [0.4, 0.5) is 11.8 Å². The Hall–Kier alpha value is -6.23. The van der Waals surface area contributed by atoms with E-state index in [0.717, 1.165) is 22.3 Å². The number of alkyl halides is 1. The highest BCUT2D eigenvalue weighted by Gasteiger charge is 2.28. The monoisotopic (exact) mass is 985 g/mol. The molecule has 0 atom stereocenters. The molecule has 0 saturated heterocycles. The summed E-state index contributed by atoms with van der Waals surface area (Å²) < 4.78 is 57.2. The third-order valence-electron chi connectivity index (χ3n) is 10.7. The number of anilines is 2. The number of aryl methyl sites for hydroxylation is 1. The van der Waals surface area contributed by atoms with Gasteiger partial charge in [-0.05, 0) is 83.6 Å². The molecule has 0 fully saturated rings. The molecule has 350 valence electrons. The molecule has 2 N–H and O–H groups in total. The van der Waals surface area contributed by atoms with E-state index in [1.807, 2.05) is 102 Å². The lowest BCUT2D eigenvalue weighted by Crippen LogP contribution is -2.23. The van der Waals surface area contributed by atoms with Gasteiger partial charge in [-0.15, -0.1) is 11.6 Å². The molecule has 0 saturated carbocycles. The van der Waals surface area contributed by atoms with Gasteiger partial charge in [0.2, 0.25) is 0 Å². The van der Waals surface area contributed by atoms with Crippen LogP contribution in [0.2, 0.25) is 10.0 Å². The zero-order valence-electron chi connectivity index (χ0n) is 38.0. The fourth-order valence-electron chi connectivity index (χ4n) is 6.89. The topological polar surface area (TPSA) is 195 Å². The Kier molecular flexibility index (Phi) is 16.2. The molecular weight excluding hydrogens is 937 g/mol. The molecule has 6 rings (SSSR count). The van der Waals surface area contributed by atoms with E-state index in [9.17, 15) is 18.9 Å². The number of oxazole rings is 1. The van der Waals surface area contributed by atoms with Crippen molar-refractivity contribution in [2.24, 2.45) is 5.92 Å². The van der Waals surface area contributed by atoms with Crippen LogP contribution in [0.15, 0.2) is 89.5 Å². The second-order valence-electron chi connectivity index (χ2n) is 17.0. The van der Waals surface area contributed by atoms with E-state index >= 15 is 0 Å². The van der Waals surface area contributed by atoms with Crippen molar-refractivity contribution in [3.63, 3.8) is 0 Å². The van der Waals surface area contributed by atoms with Crippen molar-refractivity contribution in [1.29, 1.82) is 10.5 Å². The second kappa shape index (κ2) is 21.6. The maximum atomic E-state index is 13.0. The average molecular weight is 987 g/mol. The molecule has 14 nitrogen and oxygen atoms in total. The summed E-state index contributed by atoms with van der Waals surface area (Å²) in [6.45, 7) is 14.7. The van der Waals surface area contributed by atoms with Crippen molar-refractivity contribution < 1.29 is 31.8 Å². The molecule has 0 aliphatic carbocycles. The molecule has 2 heterocycles. The fraction of sp³-hybridized carbons (Fsp3) is 0.327. The van der Waals surface area contributed by atoms with E-state index in [-0.39, 0.29) is 43.5 Å². The number of nitriles is 2. The number of nitrogens with zero attached hydrogens (tertiary/aromatic N) is 5. The van der Waals surface area contributed by atoms with Crippen molar-refractivity contribution in [3.05, 3.63) is 146 Å². The van der Waals surface area contributed by atoms with Gasteiger partial charge in [-0.1, -0.05) is 89.0 Å². The molecule has 0 radical (unpaired) electrons. The summed E-state index contributed by atoms with van der Waals surface area (Å²) in [6.07, 6.45) is 1.31. The first-order valence-corrected chi connectivity index (χ1v) is 24.1. The minimum absolute atomic E-state index is 0.0124. The molecule has 0 bridgehead atoms. The van der Waals surface area contributed by atoms with Crippen LogP contribution in [0.3, 0.4) is 0 Å². The summed E-state index contributed by atoms with van der Waals surface area (Å²) in [6, 6.07) is 28.0. The number of rotatable bonds is 21. The van der Waals surface area contributed by atoms with Crippen molar-refractivity contribution in [2.45, 2.75) is 72.5 Å². The molecule has 18 heteroatoms. The van der Waals surface area contributed by atoms with Crippen molar-refractivity contribution in [3.8, 4) is 35.1 Å². The van der Waals surface area contributed by atoms with E-state index < -0.39 is 26.7 Å². The number of sulfonamides is 1. The third kappa shape index (κ3) is 12.8. The zero-order chi connectivity index (χ0) is 48.5. The quantitative estimate of drug-likeness (QED) is 0.0647. The van der Waals surface area contributed by atoms with Gasteiger partial charge in [0.05, 0.1) is 39.4 Å². The van der Waals surface area contributed by atoms with E-state index in [1.165, 1.54) is 6.26 Å². The molecule has 0 amide bonds. The summed E-state index contributed by atoms with van der Waals surface area (Å²) in [5.74, 6) is 2.53. The van der Waals surface area contributed by atoms with Crippen LogP contribution < -0.4 is 29.0 Å². The lowest BCUT2D eigenvalue weighted by Gasteiger charge is -2.27. The van der Waals surface area contributed by atoms with Crippen LogP contribution in [0.5, 0.6) is 23.0 Å². The van der Waals surface area contributed by atoms with Gasteiger partial charge >= 0.3 is 6.01 Å². The molecule has 0 spiro atoms. The minimum Gasteiger partial charge on any atom is -0.490 e. The second-order valence-corrected chi connectivity index (χ2v) is 19.9. The first kappa shape index (κ1) is 50.2. The highest BCUT2D eigenvalue weighted by Crippen LogP contribution is 2.40. The van der Waals surface area contributed by atoms with Crippen LogP contribution in [-0.4, -0.2) is 48.3 Å². The number of hydrogen-bond donors (Lipinski definition) is 2. The molecule has 0 aliphatic heterocycles. The Balaban J connectivity index is 1.000. The van der Waals surface area contributed by atoms with Gasteiger partial charge in [0, 0.05) is 16.9 Å². The summed E-state index contributed by atoms with van der Waals surface area (Å²) in [4.78, 5) is 13.0. The Morgan fingerprint density at radius 1 is 0.716 bits per heavy atom. The van der Waals surface area contributed by atoms with Gasteiger partial charge in [-0.3, -0.25) is 0 Å². The van der Waals surface area contributed by atoms with E-state index in [4.69, 9.17) is 58.2 Å². The Morgan fingerprint density at radius 2 is 1.24 bits per heavy atom. The van der Waals surface area contributed by atoms with Crippen LogP contribution in [0.1, 0.15) is 92.1 Å². The van der Waals surface area contributed by atoms with Gasteiger partial charge in [0.15, 0.2) is 11.5 Å². The minimum atomic E-state index is -3.99. The van der Waals surface area contributed by atoms with Crippen molar-refractivity contribution in [2.75, 3.05) is 35.0 Å². The van der Waals surface area contributed by atoms with Crippen LogP contribution in [0.25, 0.3) is 0 Å². The highest BCUT2D eigenvalue weighted by atomic mass is 35.5. The third-order valence-corrected chi connectivity index (χ3v) is 12.4. The number of aromatic nitrogens is 3. The summed E-state index contributed by atoms with van der Waals surface area (Å²) >= 11 is 18.9. The lowest BCUT2D eigenvalue weighted by molar-refractivity contribution is 0.270. The largest absolute Gasteiger partial charge is 0.490 e. The average Bonchev–Trinajstić information content (AvgIpc) is 3.74. The zero-order valence-corrected chi connectivity index (χ0v) is 41.1. The maximum Gasteiger partial charge on any atom is 0.308 e.